The highest BCUT2D eigenvalue weighted by atomic mass is 35.5. The molecule has 0 radical (unpaired) electrons. The number of halogens is 1. The molecular weight excluding hydrogens is 490 g/mol. The van der Waals surface area contributed by atoms with Crippen LogP contribution in [0.15, 0.2) is 42.5 Å². The molecule has 2 atom stereocenters. The smallest absolute Gasteiger partial charge is 0.244 e. The van der Waals surface area contributed by atoms with Crippen molar-refractivity contribution in [2.75, 3.05) is 24.2 Å². The quantitative estimate of drug-likeness (QED) is 0.484. The van der Waals surface area contributed by atoms with E-state index in [1.54, 1.807) is 57.4 Å². The van der Waals surface area contributed by atoms with Gasteiger partial charge in [0.2, 0.25) is 21.8 Å². The topological polar surface area (TPSA) is 96.0 Å². The third-order valence-corrected chi connectivity index (χ3v) is 7.12. The maximum absolute atomic E-state index is 13.6. The van der Waals surface area contributed by atoms with Crippen molar-refractivity contribution in [3.8, 4) is 5.75 Å². The van der Waals surface area contributed by atoms with Crippen LogP contribution in [0.1, 0.15) is 38.3 Å². The molecule has 0 aromatic heterocycles. The van der Waals surface area contributed by atoms with Crippen LogP contribution in [0.4, 0.5) is 5.69 Å². The molecule has 0 saturated heterocycles. The van der Waals surface area contributed by atoms with Gasteiger partial charge in [0.15, 0.2) is 0 Å². The van der Waals surface area contributed by atoms with E-state index < -0.39 is 28.5 Å². The largest absolute Gasteiger partial charge is 0.497 e. The molecule has 0 aliphatic rings. The minimum absolute atomic E-state index is 0.0667. The zero-order valence-electron chi connectivity index (χ0n) is 21.0. The minimum Gasteiger partial charge on any atom is -0.497 e. The van der Waals surface area contributed by atoms with Crippen molar-refractivity contribution >= 4 is 39.1 Å². The highest BCUT2D eigenvalue weighted by molar-refractivity contribution is 7.92. The highest BCUT2D eigenvalue weighted by Crippen LogP contribution is 2.26. The molecule has 0 spiro atoms. The molecule has 192 valence electrons. The van der Waals surface area contributed by atoms with Gasteiger partial charge in [-0.1, -0.05) is 30.7 Å². The highest BCUT2D eigenvalue weighted by Gasteiger charge is 2.31. The first kappa shape index (κ1) is 28.5. The number of amides is 2. The lowest BCUT2D eigenvalue weighted by molar-refractivity contribution is -0.139. The first-order valence-corrected chi connectivity index (χ1v) is 13.6. The van der Waals surface area contributed by atoms with Gasteiger partial charge in [0.1, 0.15) is 18.3 Å². The van der Waals surface area contributed by atoms with Crippen LogP contribution in [-0.4, -0.2) is 57.1 Å². The van der Waals surface area contributed by atoms with Gasteiger partial charge in [0.05, 0.1) is 19.1 Å². The van der Waals surface area contributed by atoms with Gasteiger partial charge in [-0.05, 0) is 68.7 Å². The second kappa shape index (κ2) is 12.3. The van der Waals surface area contributed by atoms with Gasteiger partial charge in [0, 0.05) is 17.6 Å². The fraction of sp³-hybridized carbons (Fsp3) is 0.440. The number of nitrogens with one attached hydrogen (secondary N) is 1. The molecule has 8 nitrogen and oxygen atoms in total. The summed E-state index contributed by atoms with van der Waals surface area (Å²) < 4.78 is 31.7. The van der Waals surface area contributed by atoms with Crippen LogP contribution in [0.2, 0.25) is 5.02 Å². The van der Waals surface area contributed by atoms with Gasteiger partial charge in [-0.15, -0.1) is 0 Å². The van der Waals surface area contributed by atoms with Crippen molar-refractivity contribution in [2.45, 2.75) is 52.7 Å². The van der Waals surface area contributed by atoms with Crippen LogP contribution in [0.3, 0.4) is 0 Å². The van der Waals surface area contributed by atoms with E-state index >= 15 is 0 Å². The maximum atomic E-state index is 13.6. The summed E-state index contributed by atoms with van der Waals surface area (Å²) in [6, 6.07) is 11.0. The predicted octanol–water partition coefficient (Wildman–Crippen LogP) is 3.76. The van der Waals surface area contributed by atoms with Gasteiger partial charge >= 0.3 is 0 Å². The summed E-state index contributed by atoms with van der Waals surface area (Å²) in [5.74, 6) is -0.218. The third kappa shape index (κ3) is 7.86. The molecule has 0 aliphatic carbocycles. The SMILES string of the molecule is CC[C@H](C)NC(=O)[C@@H](C)N(Cc1cccc(OC)c1)C(=O)CN(c1ccc(Cl)cc1C)S(C)(=O)=O. The number of aryl methyl sites for hydroxylation is 1. The number of anilines is 1. The van der Waals surface area contributed by atoms with E-state index in [4.69, 9.17) is 16.3 Å². The molecule has 2 amide bonds. The molecule has 2 aromatic carbocycles. The average Bonchev–Trinajstić information content (AvgIpc) is 2.80. The summed E-state index contributed by atoms with van der Waals surface area (Å²) in [6.07, 6.45) is 1.78. The summed E-state index contributed by atoms with van der Waals surface area (Å²) in [4.78, 5) is 27.9. The molecule has 2 aromatic rings. The zero-order valence-corrected chi connectivity index (χ0v) is 22.6. The zero-order chi connectivity index (χ0) is 26.3. The number of carbonyl (C=O) groups is 2. The van der Waals surface area contributed by atoms with Crippen molar-refractivity contribution < 1.29 is 22.7 Å². The fourth-order valence-electron chi connectivity index (χ4n) is 3.51. The van der Waals surface area contributed by atoms with Gasteiger partial charge in [0.25, 0.3) is 0 Å². The van der Waals surface area contributed by atoms with Crippen LogP contribution in [-0.2, 0) is 26.2 Å². The van der Waals surface area contributed by atoms with E-state index in [2.05, 4.69) is 5.32 Å². The van der Waals surface area contributed by atoms with Gasteiger partial charge < -0.3 is 15.0 Å². The van der Waals surface area contributed by atoms with Gasteiger partial charge in [-0.2, -0.15) is 0 Å². The number of sulfonamides is 1. The molecule has 0 fully saturated rings. The van der Waals surface area contributed by atoms with Crippen LogP contribution in [0, 0.1) is 6.92 Å². The maximum Gasteiger partial charge on any atom is 0.244 e. The van der Waals surface area contributed by atoms with Crippen LogP contribution in [0.25, 0.3) is 0 Å². The Morgan fingerprint density at radius 3 is 2.40 bits per heavy atom. The van der Waals surface area contributed by atoms with E-state index in [9.17, 15) is 18.0 Å². The number of ether oxygens (including phenoxy) is 1. The first-order valence-electron chi connectivity index (χ1n) is 11.3. The van der Waals surface area contributed by atoms with Crippen LogP contribution >= 0.6 is 11.6 Å². The number of hydrogen-bond donors (Lipinski definition) is 1. The Bertz CT molecular complexity index is 1160. The van der Waals surface area contributed by atoms with E-state index in [1.165, 1.54) is 4.90 Å². The van der Waals surface area contributed by atoms with Crippen molar-refractivity contribution in [3.63, 3.8) is 0 Å². The molecule has 35 heavy (non-hydrogen) atoms. The molecule has 10 heteroatoms. The molecule has 0 aliphatic heterocycles. The van der Waals surface area contributed by atoms with E-state index in [0.29, 0.717) is 22.0 Å². The van der Waals surface area contributed by atoms with Crippen molar-refractivity contribution in [3.05, 3.63) is 58.6 Å². The lowest BCUT2D eigenvalue weighted by atomic mass is 10.1. The molecular formula is C25H34ClN3O5S. The van der Waals surface area contributed by atoms with E-state index in [-0.39, 0.29) is 18.5 Å². The van der Waals surface area contributed by atoms with Gasteiger partial charge in [-0.3, -0.25) is 13.9 Å². The van der Waals surface area contributed by atoms with Crippen LogP contribution in [0.5, 0.6) is 5.75 Å². The lowest BCUT2D eigenvalue weighted by Gasteiger charge is -2.32. The van der Waals surface area contributed by atoms with Gasteiger partial charge in [-0.25, -0.2) is 8.42 Å². The third-order valence-electron chi connectivity index (χ3n) is 5.76. The second-order valence-electron chi connectivity index (χ2n) is 8.57. The number of carbonyl (C=O) groups excluding carboxylic acids is 2. The van der Waals surface area contributed by atoms with Crippen molar-refractivity contribution in [1.82, 2.24) is 10.2 Å². The van der Waals surface area contributed by atoms with E-state index in [0.717, 1.165) is 22.5 Å². The second-order valence-corrected chi connectivity index (χ2v) is 10.9. The molecule has 0 heterocycles. The summed E-state index contributed by atoms with van der Waals surface area (Å²) in [6.45, 7) is 6.82. The number of hydrogen-bond acceptors (Lipinski definition) is 5. The Morgan fingerprint density at radius 1 is 1.14 bits per heavy atom. The number of rotatable bonds is 11. The monoisotopic (exact) mass is 523 g/mol. The fourth-order valence-corrected chi connectivity index (χ4v) is 4.64. The Kier molecular flexibility index (Phi) is 9.97. The Morgan fingerprint density at radius 2 is 1.83 bits per heavy atom. The summed E-state index contributed by atoms with van der Waals surface area (Å²) in [5.41, 5.74) is 1.70. The average molecular weight is 524 g/mol. The summed E-state index contributed by atoms with van der Waals surface area (Å²) >= 11 is 6.04. The summed E-state index contributed by atoms with van der Waals surface area (Å²) in [7, 11) is -2.27. The van der Waals surface area contributed by atoms with Crippen LogP contribution < -0.4 is 14.4 Å². The molecule has 0 bridgehead atoms. The number of benzene rings is 2. The number of methoxy groups -OCH3 is 1. The Balaban J connectivity index is 2.43. The predicted molar refractivity (Wildman–Crippen MR) is 139 cm³/mol. The minimum atomic E-state index is -3.81. The van der Waals surface area contributed by atoms with E-state index in [1.807, 2.05) is 19.9 Å². The molecule has 0 unspecified atom stereocenters. The van der Waals surface area contributed by atoms with Crippen molar-refractivity contribution in [2.24, 2.45) is 0 Å². The Labute approximate surface area is 213 Å². The molecule has 2 rings (SSSR count). The molecule has 1 N–H and O–H groups in total. The normalized spacial score (nSPS) is 13.0. The van der Waals surface area contributed by atoms with Crippen molar-refractivity contribution in [1.29, 1.82) is 0 Å². The lowest BCUT2D eigenvalue weighted by Crippen LogP contribution is -2.52. The standard InChI is InChI=1S/C25H34ClN3O5S/c1-7-18(3)27-25(31)19(4)28(15-20-9-8-10-22(14-20)34-5)24(30)16-29(35(6,32)33)23-12-11-21(26)13-17(23)2/h8-14,18-19H,7,15-16H2,1-6H3,(H,27,31)/t18-,19+/m0/s1. The number of nitrogens with zero attached hydrogens (tertiary/aromatic N) is 2. The summed E-state index contributed by atoms with van der Waals surface area (Å²) in [5, 5.41) is 3.36. The molecule has 0 saturated carbocycles. The Hall–Kier alpha value is -2.78. The first-order chi connectivity index (χ1) is 16.4.